The van der Waals surface area contributed by atoms with Crippen molar-refractivity contribution in [3.05, 3.63) is 35.9 Å². The maximum Gasteiger partial charge on any atom is 0.408 e. The van der Waals surface area contributed by atoms with Crippen LogP contribution in [0.2, 0.25) is 0 Å². The number of nitrogens with zero attached hydrogens (tertiary/aromatic N) is 1. The molecule has 0 spiro atoms. The Morgan fingerprint density at radius 1 is 1.03 bits per heavy atom. The molecule has 0 aliphatic carbocycles. The predicted molar refractivity (Wildman–Crippen MR) is 132 cm³/mol. The molecule has 1 saturated heterocycles. The van der Waals surface area contributed by atoms with Gasteiger partial charge in [-0.05, 0) is 51.5 Å². The second kappa shape index (κ2) is 12.6. The normalized spacial score (nSPS) is 16.3. The summed E-state index contributed by atoms with van der Waals surface area (Å²) >= 11 is 0. The molecule has 3 N–H and O–H groups in total. The minimum atomic E-state index is -1.04. The number of hydrogen-bond donors (Lipinski definition) is 3. The van der Waals surface area contributed by atoms with E-state index in [1.165, 1.54) is 0 Å². The van der Waals surface area contributed by atoms with E-state index in [0.29, 0.717) is 38.8 Å². The van der Waals surface area contributed by atoms with Crippen molar-refractivity contribution >= 4 is 23.9 Å². The van der Waals surface area contributed by atoms with Crippen molar-refractivity contribution in [1.29, 1.82) is 0 Å². The summed E-state index contributed by atoms with van der Waals surface area (Å²) in [6.07, 6.45) is 0.864. The number of carbonyl (C=O) groups is 4. The molecule has 3 amide bonds. The van der Waals surface area contributed by atoms with Gasteiger partial charge in [0.25, 0.3) is 0 Å². The Morgan fingerprint density at radius 2 is 1.63 bits per heavy atom. The number of amides is 3. The van der Waals surface area contributed by atoms with Crippen LogP contribution in [0.1, 0.15) is 59.4 Å². The molecular weight excluding hydrogens is 450 g/mol. The minimum Gasteiger partial charge on any atom is -0.480 e. The third-order valence-electron chi connectivity index (χ3n) is 5.77. The number of aliphatic carboxylic acids is 1. The highest BCUT2D eigenvalue weighted by Gasteiger charge is 2.34. The monoisotopic (exact) mass is 489 g/mol. The molecule has 0 aromatic heterocycles. The first-order valence-electron chi connectivity index (χ1n) is 12.2. The van der Waals surface area contributed by atoms with Gasteiger partial charge in [-0.3, -0.25) is 9.59 Å². The number of piperidine rings is 1. The van der Waals surface area contributed by atoms with Crippen molar-refractivity contribution in [2.75, 3.05) is 13.1 Å². The third-order valence-corrected chi connectivity index (χ3v) is 5.77. The Morgan fingerprint density at radius 3 is 2.14 bits per heavy atom. The highest BCUT2D eigenvalue weighted by molar-refractivity contribution is 5.87. The van der Waals surface area contributed by atoms with Crippen molar-refractivity contribution in [2.45, 2.75) is 78.0 Å². The number of carboxylic acid groups (broad SMARTS) is 1. The van der Waals surface area contributed by atoms with Crippen molar-refractivity contribution < 1.29 is 29.0 Å². The van der Waals surface area contributed by atoms with Crippen LogP contribution in [0.15, 0.2) is 30.3 Å². The van der Waals surface area contributed by atoms with Crippen molar-refractivity contribution in [2.24, 2.45) is 11.8 Å². The molecule has 194 valence electrons. The number of rotatable bonds is 9. The van der Waals surface area contributed by atoms with E-state index in [2.05, 4.69) is 10.6 Å². The molecule has 1 fully saturated rings. The summed E-state index contributed by atoms with van der Waals surface area (Å²) in [5, 5.41) is 14.8. The first kappa shape index (κ1) is 28.1. The van der Waals surface area contributed by atoms with Crippen LogP contribution in [0.5, 0.6) is 0 Å². The van der Waals surface area contributed by atoms with Gasteiger partial charge in [0.2, 0.25) is 11.8 Å². The molecule has 1 aromatic carbocycles. The molecule has 0 saturated carbocycles. The maximum atomic E-state index is 13.3. The Bertz CT molecular complexity index is 873. The minimum absolute atomic E-state index is 0.134. The molecule has 1 heterocycles. The topological polar surface area (TPSA) is 125 Å². The summed E-state index contributed by atoms with van der Waals surface area (Å²) < 4.78 is 5.35. The van der Waals surface area contributed by atoms with Gasteiger partial charge >= 0.3 is 12.1 Å². The standard InChI is InChI=1S/C26H39N3O6/c1-17(2)15-21(24(32)33)27-22(30)19-11-13-29(14-12-19)23(31)20(16-18-9-7-6-8-10-18)28-25(34)35-26(3,4)5/h6-10,17,19-21H,11-16H2,1-5H3,(H,27,30)(H,28,34)(H,32,33)/t20-,21+/m0/s1. The number of carboxylic acids is 1. The number of alkyl carbamates (subject to hydrolysis) is 1. The highest BCUT2D eigenvalue weighted by Crippen LogP contribution is 2.20. The molecule has 0 radical (unpaired) electrons. The van der Waals surface area contributed by atoms with Gasteiger partial charge in [-0.25, -0.2) is 9.59 Å². The number of hydrogen-bond acceptors (Lipinski definition) is 5. The van der Waals surface area contributed by atoms with Crippen LogP contribution in [0, 0.1) is 11.8 Å². The molecule has 1 aliphatic heterocycles. The van der Waals surface area contributed by atoms with Crippen LogP contribution >= 0.6 is 0 Å². The molecule has 2 atom stereocenters. The predicted octanol–water partition coefficient (Wildman–Crippen LogP) is 2.98. The van der Waals surface area contributed by atoms with Gasteiger partial charge < -0.3 is 25.4 Å². The molecule has 9 nitrogen and oxygen atoms in total. The van der Waals surface area contributed by atoms with Crippen LogP contribution in [0.3, 0.4) is 0 Å². The van der Waals surface area contributed by atoms with E-state index in [1.807, 2.05) is 44.2 Å². The van der Waals surface area contributed by atoms with Gasteiger partial charge in [-0.2, -0.15) is 0 Å². The summed E-state index contributed by atoms with van der Waals surface area (Å²) in [6.45, 7) is 9.78. The van der Waals surface area contributed by atoms with Crippen LogP contribution in [0.4, 0.5) is 4.79 Å². The van der Waals surface area contributed by atoms with Gasteiger partial charge in [0.1, 0.15) is 17.7 Å². The fourth-order valence-corrected chi connectivity index (χ4v) is 4.06. The SMILES string of the molecule is CC(C)C[C@@H](NC(=O)C1CCN(C(=O)[C@H](Cc2ccccc2)NC(=O)OC(C)(C)C)CC1)C(=O)O. The summed E-state index contributed by atoms with van der Waals surface area (Å²) in [7, 11) is 0. The number of ether oxygens (including phenoxy) is 1. The molecule has 1 aliphatic rings. The number of nitrogens with one attached hydrogen (secondary N) is 2. The fourth-order valence-electron chi connectivity index (χ4n) is 4.06. The Labute approximate surface area is 207 Å². The second-order valence-electron chi connectivity index (χ2n) is 10.5. The van der Waals surface area contributed by atoms with Gasteiger partial charge in [-0.15, -0.1) is 0 Å². The van der Waals surface area contributed by atoms with E-state index >= 15 is 0 Å². The van der Waals surface area contributed by atoms with Gasteiger partial charge in [-0.1, -0.05) is 44.2 Å². The Kier molecular flexibility index (Phi) is 10.1. The van der Waals surface area contributed by atoms with Crippen LogP contribution in [-0.4, -0.2) is 64.7 Å². The zero-order valence-corrected chi connectivity index (χ0v) is 21.4. The summed E-state index contributed by atoms with van der Waals surface area (Å²) in [4.78, 5) is 51.6. The summed E-state index contributed by atoms with van der Waals surface area (Å²) in [6, 6.07) is 7.69. The Balaban J connectivity index is 2.01. The molecule has 35 heavy (non-hydrogen) atoms. The molecule has 9 heteroatoms. The van der Waals surface area contributed by atoms with E-state index in [4.69, 9.17) is 4.74 Å². The average Bonchev–Trinajstić information content (AvgIpc) is 2.77. The number of benzene rings is 1. The van der Waals surface area contributed by atoms with E-state index in [-0.39, 0.29) is 23.7 Å². The number of likely N-dealkylation sites (tertiary alicyclic amines) is 1. The van der Waals surface area contributed by atoms with Gasteiger partial charge in [0.05, 0.1) is 0 Å². The second-order valence-corrected chi connectivity index (χ2v) is 10.5. The van der Waals surface area contributed by atoms with E-state index < -0.39 is 29.7 Å². The van der Waals surface area contributed by atoms with Crippen LogP contribution in [0.25, 0.3) is 0 Å². The zero-order chi connectivity index (χ0) is 26.2. The highest BCUT2D eigenvalue weighted by atomic mass is 16.6. The average molecular weight is 490 g/mol. The largest absolute Gasteiger partial charge is 0.480 e. The van der Waals surface area contributed by atoms with E-state index in [0.717, 1.165) is 5.56 Å². The van der Waals surface area contributed by atoms with Crippen molar-refractivity contribution in [3.63, 3.8) is 0 Å². The molecule has 0 bridgehead atoms. The van der Waals surface area contributed by atoms with E-state index in [1.54, 1.807) is 25.7 Å². The molecular formula is C26H39N3O6. The lowest BCUT2D eigenvalue weighted by molar-refractivity contribution is -0.143. The summed E-state index contributed by atoms with van der Waals surface area (Å²) in [5.74, 6) is -1.80. The lowest BCUT2D eigenvalue weighted by Gasteiger charge is -2.34. The first-order valence-corrected chi connectivity index (χ1v) is 12.2. The van der Waals surface area contributed by atoms with E-state index in [9.17, 15) is 24.3 Å². The van der Waals surface area contributed by atoms with Crippen molar-refractivity contribution in [1.82, 2.24) is 15.5 Å². The lowest BCUT2D eigenvalue weighted by atomic mass is 9.94. The molecule has 0 unspecified atom stereocenters. The fraction of sp³-hybridized carbons (Fsp3) is 0.615. The quantitative estimate of drug-likeness (QED) is 0.490. The van der Waals surface area contributed by atoms with Crippen LogP contribution in [-0.2, 0) is 25.5 Å². The molecule has 1 aromatic rings. The maximum absolute atomic E-state index is 13.3. The smallest absolute Gasteiger partial charge is 0.408 e. The van der Waals surface area contributed by atoms with Gasteiger partial charge in [0, 0.05) is 25.4 Å². The van der Waals surface area contributed by atoms with Gasteiger partial charge in [0.15, 0.2) is 0 Å². The molecule has 2 rings (SSSR count). The summed E-state index contributed by atoms with van der Waals surface area (Å²) in [5.41, 5.74) is 0.209. The van der Waals surface area contributed by atoms with Crippen LogP contribution < -0.4 is 10.6 Å². The third kappa shape index (κ3) is 9.58. The zero-order valence-electron chi connectivity index (χ0n) is 21.4. The van der Waals surface area contributed by atoms with Crippen molar-refractivity contribution in [3.8, 4) is 0 Å². The number of carbonyl (C=O) groups excluding carboxylic acids is 3. The Hall–Kier alpha value is -3.10. The lowest BCUT2D eigenvalue weighted by Crippen LogP contribution is -2.53. The first-order chi connectivity index (χ1) is 16.4.